The van der Waals surface area contributed by atoms with Crippen molar-refractivity contribution in [2.45, 2.75) is 23.7 Å². The Morgan fingerprint density at radius 2 is 1.83 bits per heavy atom. The lowest BCUT2D eigenvalue weighted by Crippen LogP contribution is -2.39. The summed E-state index contributed by atoms with van der Waals surface area (Å²) in [6, 6.07) is 15.2. The van der Waals surface area contributed by atoms with E-state index >= 15 is 0 Å². The predicted molar refractivity (Wildman–Crippen MR) is 116 cm³/mol. The zero-order chi connectivity index (χ0) is 21.1. The molecule has 156 valence electrons. The molecule has 1 N–H and O–H groups in total. The van der Waals surface area contributed by atoms with E-state index in [1.807, 2.05) is 0 Å². The van der Waals surface area contributed by atoms with E-state index in [9.17, 15) is 13.2 Å². The number of piperidine rings is 1. The van der Waals surface area contributed by atoms with Gasteiger partial charge in [0.1, 0.15) is 5.01 Å². The zero-order valence-corrected chi connectivity index (χ0v) is 18.3. The first-order valence-electron chi connectivity index (χ1n) is 9.39. The lowest BCUT2D eigenvalue weighted by Gasteiger charge is -2.30. The van der Waals surface area contributed by atoms with Crippen LogP contribution in [0.3, 0.4) is 0 Å². The first-order chi connectivity index (χ1) is 14.4. The molecule has 1 unspecified atom stereocenters. The number of anilines is 1. The molecule has 7 nitrogen and oxygen atoms in total. The van der Waals surface area contributed by atoms with Gasteiger partial charge in [0.2, 0.25) is 15.0 Å². The second-order valence-electron chi connectivity index (χ2n) is 6.92. The summed E-state index contributed by atoms with van der Waals surface area (Å²) in [6.45, 7) is 0.793. The molecule has 1 fully saturated rings. The van der Waals surface area contributed by atoms with Crippen LogP contribution in [0.1, 0.15) is 33.6 Å². The number of nitrogens with one attached hydrogen (secondary N) is 1. The molecule has 1 aliphatic rings. The SMILES string of the molecule is O=C(Nc1ccc(Cl)cc1)c1nnc(C2CCCN(S(=O)(=O)c3ccccc3)C2)s1. The van der Waals surface area contributed by atoms with E-state index in [2.05, 4.69) is 15.5 Å². The van der Waals surface area contributed by atoms with Gasteiger partial charge in [-0.15, -0.1) is 10.2 Å². The van der Waals surface area contributed by atoms with Crippen molar-refractivity contribution in [3.8, 4) is 0 Å². The van der Waals surface area contributed by atoms with Gasteiger partial charge in [0.15, 0.2) is 0 Å². The summed E-state index contributed by atoms with van der Waals surface area (Å²) in [7, 11) is -3.56. The Morgan fingerprint density at radius 3 is 2.57 bits per heavy atom. The van der Waals surface area contributed by atoms with E-state index in [1.165, 1.54) is 15.6 Å². The fraction of sp³-hybridized carbons (Fsp3) is 0.250. The summed E-state index contributed by atoms with van der Waals surface area (Å²) in [5.74, 6) is -0.447. The molecular formula is C20H19ClN4O3S2. The monoisotopic (exact) mass is 462 g/mol. The average molecular weight is 463 g/mol. The molecule has 2 heterocycles. The number of nitrogens with zero attached hydrogens (tertiary/aromatic N) is 3. The van der Waals surface area contributed by atoms with Crippen LogP contribution < -0.4 is 5.32 Å². The van der Waals surface area contributed by atoms with Crippen molar-refractivity contribution < 1.29 is 13.2 Å². The summed E-state index contributed by atoms with van der Waals surface area (Å²) in [4.78, 5) is 12.7. The third-order valence-corrected chi connectivity index (χ3v) is 8.07. The van der Waals surface area contributed by atoms with Crippen molar-refractivity contribution in [2.24, 2.45) is 0 Å². The standard InChI is InChI=1S/C20H19ClN4O3S2/c21-15-8-10-16(11-9-15)22-18(26)20-24-23-19(29-20)14-5-4-12-25(13-14)30(27,28)17-6-2-1-3-7-17/h1-3,6-11,14H,4-5,12-13H2,(H,22,26). The molecule has 3 aromatic rings. The highest BCUT2D eigenvalue weighted by Crippen LogP contribution is 2.32. The van der Waals surface area contributed by atoms with Crippen molar-refractivity contribution in [1.29, 1.82) is 0 Å². The van der Waals surface area contributed by atoms with Crippen LogP contribution in [-0.4, -0.2) is 41.9 Å². The molecule has 1 aromatic heterocycles. The maximum atomic E-state index is 12.9. The summed E-state index contributed by atoms with van der Waals surface area (Å²) in [6.07, 6.45) is 1.52. The van der Waals surface area contributed by atoms with Gasteiger partial charge >= 0.3 is 0 Å². The molecule has 0 bridgehead atoms. The van der Waals surface area contributed by atoms with E-state index in [0.717, 1.165) is 12.8 Å². The first-order valence-corrected chi connectivity index (χ1v) is 12.0. The fourth-order valence-corrected chi connectivity index (χ4v) is 5.85. The number of benzene rings is 2. The Kier molecular flexibility index (Phi) is 6.14. The zero-order valence-electron chi connectivity index (χ0n) is 15.9. The van der Waals surface area contributed by atoms with Gasteiger partial charge in [-0.1, -0.05) is 41.1 Å². The van der Waals surface area contributed by atoms with Crippen LogP contribution in [0.25, 0.3) is 0 Å². The summed E-state index contributed by atoms with van der Waals surface area (Å²) < 4.78 is 27.3. The Balaban J connectivity index is 1.46. The molecule has 2 aromatic carbocycles. The maximum Gasteiger partial charge on any atom is 0.286 e. The van der Waals surface area contributed by atoms with Crippen molar-refractivity contribution in [3.05, 3.63) is 69.6 Å². The van der Waals surface area contributed by atoms with E-state index in [-0.39, 0.29) is 21.7 Å². The average Bonchev–Trinajstić information content (AvgIpc) is 3.27. The van der Waals surface area contributed by atoms with Crippen LogP contribution >= 0.6 is 22.9 Å². The number of hydrogen-bond acceptors (Lipinski definition) is 6. The van der Waals surface area contributed by atoms with Crippen LogP contribution in [0.15, 0.2) is 59.5 Å². The summed E-state index contributed by atoms with van der Waals surface area (Å²) in [5, 5.41) is 12.4. The topological polar surface area (TPSA) is 92.3 Å². The van der Waals surface area contributed by atoms with Crippen LogP contribution in [0.2, 0.25) is 5.02 Å². The second kappa shape index (κ2) is 8.81. The minimum atomic E-state index is -3.56. The first kappa shape index (κ1) is 20.9. The van der Waals surface area contributed by atoms with Crippen LogP contribution in [-0.2, 0) is 10.0 Å². The molecular weight excluding hydrogens is 444 g/mol. The molecule has 1 saturated heterocycles. The minimum absolute atomic E-state index is 0.0909. The molecule has 0 aliphatic carbocycles. The van der Waals surface area contributed by atoms with E-state index in [1.54, 1.807) is 54.6 Å². The predicted octanol–water partition coefficient (Wildman–Crippen LogP) is 4.01. The Labute approximate surface area is 183 Å². The largest absolute Gasteiger partial charge is 0.320 e. The fourth-order valence-electron chi connectivity index (χ4n) is 3.31. The van der Waals surface area contributed by atoms with Crippen LogP contribution in [0.4, 0.5) is 5.69 Å². The molecule has 1 amide bonds. The highest BCUT2D eigenvalue weighted by molar-refractivity contribution is 7.89. The molecule has 0 spiro atoms. The number of carbonyl (C=O) groups is 1. The van der Waals surface area contributed by atoms with Gasteiger partial charge < -0.3 is 5.32 Å². The van der Waals surface area contributed by atoms with Gasteiger partial charge in [0.25, 0.3) is 5.91 Å². The van der Waals surface area contributed by atoms with Crippen molar-refractivity contribution in [3.63, 3.8) is 0 Å². The van der Waals surface area contributed by atoms with Gasteiger partial charge in [-0.25, -0.2) is 8.42 Å². The molecule has 4 rings (SSSR count). The van der Waals surface area contributed by atoms with Gasteiger partial charge in [0.05, 0.1) is 4.90 Å². The van der Waals surface area contributed by atoms with E-state index < -0.39 is 10.0 Å². The lowest BCUT2D eigenvalue weighted by atomic mass is 10.0. The third kappa shape index (κ3) is 4.54. The number of rotatable bonds is 5. The number of carbonyl (C=O) groups excluding carboxylic acids is 1. The highest BCUT2D eigenvalue weighted by Gasteiger charge is 2.32. The normalized spacial score (nSPS) is 17.6. The number of aromatic nitrogens is 2. The Morgan fingerprint density at radius 1 is 1.10 bits per heavy atom. The maximum absolute atomic E-state index is 12.9. The minimum Gasteiger partial charge on any atom is -0.320 e. The molecule has 1 atom stereocenters. The molecule has 10 heteroatoms. The molecule has 30 heavy (non-hydrogen) atoms. The highest BCUT2D eigenvalue weighted by atomic mass is 35.5. The van der Waals surface area contributed by atoms with Gasteiger partial charge in [0, 0.05) is 29.7 Å². The molecule has 0 saturated carbocycles. The Bertz CT molecular complexity index is 1130. The summed E-state index contributed by atoms with van der Waals surface area (Å²) >= 11 is 7.05. The quantitative estimate of drug-likeness (QED) is 0.618. The van der Waals surface area contributed by atoms with Crippen LogP contribution in [0, 0.1) is 0 Å². The van der Waals surface area contributed by atoms with E-state index in [0.29, 0.717) is 28.8 Å². The third-order valence-electron chi connectivity index (χ3n) is 4.85. The van der Waals surface area contributed by atoms with Crippen molar-refractivity contribution >= 4 is 44.6 Å². The number of sulfonamides is 1. The lowest BCUT2D eigenvalue weighted by molar-refractivity contribution is 0.102. The van der Waals surface area contributed by atoms with E-state index in [4.69, 9.17) is 11.6 Å². The summed E-state index contributed by atoms with van der Waals surface area (Å²) in [5.41, 5.74) is 0.610. The van der Waals surface area contributed by atoms with Gasteiger partial charge in [-0.3, -0.25) is 4.79 Å². The smallest absolute Gasteiger partial charge is 0.286 e. The number of amides is 1. The van der Waals surface area contributed by atoms with Crippen molar-refractivity contribution in [1.82, 2.24) is 14.5 Å². The number of halogens is 1. The second-order valence-corrected chi connectivity index (χ2v) is 10.3. The van der Waals surface area contributed by atoms with Gasteiger partial charge in [-0.05, 0) is 49.2 Å². The molecule has 1 aliphatic heterocycles. The molecule has 0 radical (unpaired) electrons. The Hall–Kier alpha value is -2.33. The van der Waals surface area contributed by atoms with Crippen LogP contribution in [0.5, 0.6) is 0 Å². The van der Waals surface area contributed by atoms with Gasteiger partial charge in [-0.2, -0.15) is 4.31 Å². The number of hydrogen-bond donors (Lipinski definition) is 1. The van der Waals surface area contributed by atoms with Crippen molar-refractivity contribution in [2.75, 3.05) is 18.4 Å².